The van der Waals surface area contributed by atoms with Crippen molar-refractivity contribution in [1.82, 2.24) is 36.3 Å². The van der Waals surface area contributed by atoms with Gasteiger partial charge in [0.2, 0.25) is 17.7 Å². The average Bonchev–Trinajstić information content (AvgIpc) is 3.78. The quantitative estimate of drug-likeness (QED) is 0.0435. The number of hydrogen-bond donors (Lipinski definition) is 5. The van der Waals surface area contributed by atoms with Crippen LogP contribution in [0.3, 0.4) is 0 Å². The van der Waals surface area contributed by atoms with Crippen LogP contribution in [0, 0.1) is 17.8 Å². The van der Waals surface area contributed by atoms with Gasteiger partial charge in [0.05, 0.1) is 19.3 Å². The normalized spacial score (nSPS) is 17.1. The summed E-state index contributed by atoms with van der Waals surface area (Å²) in [5.41, 5.74) is 11.2. The number of amides is 5. The number of thiazole rings is 1. The minimum absolute atomic E-state index is 0.00504. The van der Waals surface area contributed by atoms with Crippen LogP contribution in [0.4, 0.5) is 4.79 Å². The number of nitrogens with one attached hydrogen (secondary N) is 4. The first-order valence-corrected chi connectivity index (χ1v) is 23.9. The smallest absolute Gasteiger partial charge is 0.426 e. The van der Waals surface area contributed by atoms with E-state index in [9.17, 15) is 24.0 Å². The van der Waals surface area contributed by atoms with Crippen LogP contribution in [0.15, 0.2) is 35.7 Å². The molecule has 1 aliphatic heterocycles. The monoisotopic (exact) mass is 917 g/mol. The minimum atomic E-state index is -0.832. The maximum atomic E-state index is 14.8. The van der Waals surface area contributed by atoms with Crippen molar-refractivity contribution in [2.24, 2.45) is 23.5 Å². The Morgan fingerprint density at radius 3 is 2.34 bits per heavy atom. The summed E-state index contributed by atoms with van der Waals surface area (Å²) >= 11 is 1.31. The number of ether oxygens (including phenoxy) is 4. The fourth-order valence-electron chi connectivity index (χ4n) is 7.58. The minimum Gasteiger partial charge on any atom is -0.446 e. The molecule has 64 heavy (non-hydrogen) atoms. The van der Waals surface area contributed by atoms with E-state index in [0.29, 0.717) is 50.6 Å². The number of likely N-dealkylation sites (tertiary alicyclic amines) is 1. The number of carbonyl (C=O) groups excluding carboxylic acids is 5. The molecule has 17 nitrogen and oxygen atoms in total. The van der Waals surface area contributed by atoms with E-state index in [0.717, 1.165) is 37.8 Å². The van der Waals surface area contributed by atoms with Gasteiger partial charge < -0.3 is 40.2 Å². The van der Waals surface area contributed by atoms with E-state index >= 15 is 0 Å². The Kier molecular flexibility index (Phi) is 24.8. The highest BCUT2D eigenvalue weighted by Gasteiger charge is 2.38. The number of carbonyl (C=O) groups is 5. The molecule has 7 atom stereocenters. The molecule has 0 saturated carbocycles. The number of aromatic nitrogens is 1. The highest BCUT2D eigenvalue weighted by atomic mass is 32.1. The Balaban J connectivity index is 1.81. The van der Waals surface area contributed by atoms with Crippen molar-refractivity contribution in [3.63, 3.8) is 0 Å². The zero-order valence-corrected chi connectivity index (χ0v) is 40.2. The van der Waals surface area contributed by atoms with Crippen LogP contribution in [0.1, 0.15) is 121 Å². The van der Waals surface area contributed by atoms with Gasteiger partial charge in [0.15, 0.2) is 0 Å². The van der Waals surface area contributed by atoms with Gasteiger partial charge in [0.1, 0.15) is 36.2 Å². The van der Waals surface area contributed by atoms with Gasteiger partial charge in [-0.3, -0.25) is 29.5 Å². The molecular formula is C46H76N8O9S. The molecule has 0 spiro atoms. The van der Waals surface area contributed by atoms with Crippen molar-refractivity contribution in [1.29, 1.82) is 0 Å². The summed E-state index contributed by atoms with van der Waals surface area (Å²) in [5.74, 6) is -1.97. The fourth-order valence-corrected chi connectivity index (χ4v) is 8.44. The van der Waals surface area contributed by atoms with Gasteiger partial charge in [0.25, 0.3) is 5.91 Å². The zero-order chi connectivity index (χ0) is 47.0. The Labute approximate surface area is 384 Å². The molecule has 1 aromatic heterocycles. The van der Waals surface area contributed by atoms with Gasteiger partial charge in [-0.1, -0.05) is 84.7 Å². The van der Waals surface area contributed by atoms with Crippen LogP contribution >= 0.6 is 11.3 Å². The molecule has 1 fully saturated rings. The summed E-state index contributed by atoms with van der Waals surface area (Å²) in [7, 11) is 1.96. The molecule has 1 aliphatic rings. The second kappa shape index (κ2) is 29.4. The fraction of sp³-hybridized carbons (Fsp3) is 0.696. The van der Waals surface area contributed by atoms with Gasteiger partial charge in [-0.05, 0) is 70.0 Å². The third kappa shape index (κ3) is 18.0. The summed E-state index contributed by atoms with van der Waals surface area (Å²) in [6.07, 6.45) is 3.89. The SMILES string of the molecule is CCCO[C@H](C[C@H](C(C)C)N(COCC)C(=O)[C@@H](NC(=O)[C@H]1CCCCN1C)[C@@H](C)CC)c1nc(C(=O)N[C@@H](Cc2ccccc2)C[C@H](C)C(=O)NNC(=O)OCCOCCN)cs1. The summed E-state index contributed by atoms with van der Waals surface area (Å²) in [6, 6.07) is 7.77. The number of likely N-dealkylation sites (N-methyl/N-ethyl adjacent to an activating group) is 1. The Morgan fingerprint density at radius 2 is 1.69 bits per heavy atom. The molecule has 360 valence electrons. The number of hydrogen-bond acceptors (Lipinski definition) is 13. The lowest BCUT2D eigenvalue weighted by Crippen LogP contribution is -2.59. The molecule has 0 bridgehead atoms. The van der Waals surface area contributed by atoms with Gasteiger partial charge in [0, 0.05) is 49.6 Å². The lowest BCUT2D eigenvalue weighted by Gasteiger charge is -2.40. The third-order valence-electron chi connectivity index (χ3n) is 11.5. The predicted octanol–water partition coefficient (Wildman–Crippen LogP) is 4.96. The first kappa shape index (κ1) is 54.1. The molecule has 0 unspecified atom stereocenters. The Bertz CT molecular complexity index is 1700. The second-order valence-corrected chi connectivity index (χ2v) is 17.8. The molecule has 6 N–H and O–H groups in total. The standard InChI is InChI=1S/C46H76N8O9S/c1-9-22-62-39(28-38(31(4)5)54(30-60-11-3)45(58)40(32(6)10-2)50-43(57)37-19-15-16-21-53(37)8)44-49-36(29-64-44)42(56)48-35(27-34-17-13-12-14-18-34)26-33(7)41(55)51-52-46(59)63-25-24-61-23-20-47/h12-14,17-18,29,31-33,35,37-40H,9-11,15-16,19-28,30,47H2,1-8H3,(H,48,56)(H,50,57)(H,51,55)(H,52,59)/t32-,33-,35+,37+,38+,39+,40-/m0/s1. The van der Waals surface area contributed by atoms with Crippen LogP contribution in [0.5, 0.6) is 0 Å². The molecule has 0 radical (unpaired) electrons. The maximum absolute atomic E-state index is 14.8. The van der Waals surface area contributed by atoms with Crippen LogP contribution in [0.25, 0.3) is 0 Å². The van der Waals surface area contributed by atoms with Crippen molar-refractivity contribution < 1.29 is 42.9 Å². The Hall–Kier alpha value is -4.20. The van der Waals surface area contributed by atoms with Crippen molar-refractivity contribution in [2.75, 3.05) is 59.9 Å². The third-order valence-corrected chi connectivity index (χ3v) is 12.4. The van der Waals surface area contributed by atoms with Crippen molar-refractivity contribution >= 4 is 41.1 Å². The van der Waals surface area contributed by atoms with Crippen molar-refractivity contribution in [3.8, 4) is 0 Å². The molecule has 0 aliphatic carbocycles. The molecule has 2 heterocycles. The molecule has 1 saturated heterocycles. The highest BCUT2D eigenvalue weighted by Crippen LogP contribution is 2.32. The number of nitrogens with two attached hydrogens (primary N) is 1. The molecule has 18 heteroatoms. The van der Waals surface area contributed by atoms with E-state index in [4.69, 9.17) is 29.7 Å². The van der Waals surface area contributed by atoms with E-state index in [2.05, 4.69) is 40.2 Å². The molecule has 3 rings (SSSR count). The number of benzene rings is 1. The average molecular weight is 917 g/mol. The summed E-state index contributed by atoms with van der Waals surface area (Å²) in [6.45, 7) is 16.3. The Morgan fingerprint density at radius 1 is 0.938 bits per heavy atom. The van der Waals surface area contributed by atoms with Crippen molar-refractivity contribution in [2.45, 2.75) is 130 Å². The van der Waals surface area contributed by atoms with E-state index in [1.165, 1.54) is 11.3 Å². The van der Waals surface area contributed by atoms with Gasteiger partial charge >= 0.3 is 6.09 Å². The van der Waals surface area contributed by atoms with Crippen LogP contribution < -0.4 is 27.2 Å². The summed E-state index contributed by atoms with van der Waals surface area (Å²) in [4.78, 5) is 76.2. The van der Waals surface area contributed by atoms with Crippen LogP contribution in [-0.4, -0.2) is 129 Å². The van der Waals surface area contributed by atoms with Gasteiger partial charge in [-0.15, -0.1) is 11.3 Å². The number of piperidine rings is 1. The predicted molar refractivity (Wildman–Crippen MR) is 247 cm³/mol. The van der Waals surface area contributed by atoms with E-state index < -0.39 is 42.0 Å². The summed E-state index contributed by atoms with van der Waals surface area (Å²) < 4.78 is 22.6. The van der Waals surface area contributed by atoms with Crippen LogP contribution in [0.2, 0.25) is 0 Å². The summed E-state index contributed by atoms with van der Waals surface area (Å²) in [5, 5.41) is 8.55. The lowest BCUT2D eigenvalue weighted by atomic mass is 9.92. The first-order chi connectivity index (χ1) is 30.7. The molecule has 5 amide bonds. The zero-order valence-electron chi connectivity index (χ0n) is 39.4. The first-order valence-electron chi connectivity index (χ1n) is 23.0. The lowest BCUT2D eigenvalue weighted by molar-refractivity contribution is -0.149. The maximum Gasteiger partial charge on any atom is 0.426 e. The van der Waals surface area contributed by atoms with Crippen molar-refractivity contribution in [3.05, 3.63) is 52.0 Å². The van der Waals surface area contributed by atoms with Crippen LogP contribution in [-0.2, 0) is 39.8 Å². The number of rotatable bonds is 28. The van der Waals surface area contributed by atoms with E-state index in [1.54, 1.807) is 17.2 Å². The van der Waals surface area contributed by atoms with Gasteiger partial charge in [-0.2, -0.15) is 0 Å². The number of nitrogens with zero attached hydrogens (tertiary/aromatic N) is 3. The molecule has 1 aromatic carbocycles. The molecular weight excluding hydrogens is 841 g/mol. The van der Waals surface area contributed by atoms with Gasteiger partial charge in [-0.25, -0.2) is 15.2 Å². The largest absolute Gasteiger partial charge is 0.446 e. The van der Waals surface area contributed by atoms with E-state index in [1.807, 2.05) is 65.1 Å². The topological polar surface area (TPSA) is 216 Å². The highest BCUT2D eigenvalue weighted by molar-refractivity contribution is 7.09. The number of hydrazine groups is 1. The van der Waals surface area contributed by atoms with E-state index in [-0.39, 0.29) is 67.8 Å². The molecule has 2 aromatic rings. The second-order valence-electron chi connectivity index (χ2n) is 16.9.